The molecule has 0 radical (unpaired) electrons. The summed E-state index contributed by atoms with van der Waals surface area (Å²) < 4.78 is 4.69. The third-order valence-electron chi connectivity index (χ3n) is 4.53. The maximum Gasteiger partial charge on any atom is 0.311 e. The predicted octanol–water partition coefficient (Wildman–Crippen LogP) is 1.69. The van der Waals surface area contributed by atoms with E-state index in [1.54, 1.807) is 6.92 Å². The molecule has 4 nitrogen and oxygen atoms in total. The van der Waals surface area contributed by atoms with E-state index in [4.69, 9.17) is 4.74 Å². The molecule has 3 unspecified atom stereocenters. The molecule has 0 spiro atoms. The average Bonchev–Trinajstić information content (AvgIpc) is 2.97. The van der Waals surface area contributed by atoms with Gasteiger partial charge >= 0.3 is 11.9 Å². The molecule has 1 N–H and O–H groups in total. The van der Waals surface area contributed by atoms with Crippen LogP contribution in [-0.4, -0.2) is 24.2 Å². The maximum atomic E-state index is 11.6. The second kappa shape index (κ2) is 3.75. The van der Waals surface area contributed by atoms with Crippen molar-refractivity contribution in [2.75, 3.05) is 7.11 Å². The summed E-state index contributed by atoms with van der Waals surface area (Å²) in [7, 11) is 1.32. The molecule has 0 aliphatic heterocycles. The fourth-order valence-electron chi connectivity index (χ4n) is 3.69. The van der Waals surface area contributed by atoms with Crippen molar-refractivity contribution in [2.45, 2.75) is 32.6 Å². The number of carboxylic acids is 1. The Morgan fingerprint density at radius 2 is 1.81 bits per heavy atom. The molecule has 90 valence electrons. The Morgan fingerprint density at radius 3 is 2.19 bits per heavy atom. The summed E-state index contributed by atoms with van der Waals surface area (Å²) in [5.41, 5.74) is -0.830. The van der Waals surface area contributed by atoms with Gasteiger partial charge in [-0.25, -0.2) is 0 Å². The number of aliphatic carboxylic acids is 1. The summed E-state index contributed by atoms with van der Waals surface area (Å²) in [5, 5.41) is 9.44. The van der Waals surface area contributed by atoms with Crippen molar-refractivity contribution in [1.82, 2.24) is 0 Å². The molecule has 0 bridgehead atoms. The van der Waals surface area contributed by atoms with Gasteiger partial charge in [-0.2, -0.15) is 0 Å². The zero-order valence-electron chi connectivity index (χ0n) is 9.73. The zero-order valence-corrected chi connectivity index (χ0v) is 9.73. The van der Waals surface area contributed by atoms with Crippen LogP contribution in [0.25, 0.3) is 0 Å². The van der Waals surface area contributed by atoms with Crippen LogP contribution in [0.1, 0.15) is 32.6 Å². The lowest BCUT2D eigenvalue weighted by molar-refractivity contribution is -0.158. The van der Waals surface area contributed by atoms with Crippen LogP contribution in [0.2, 0.25) is 0 Å². The Morgan fingerprint density at radius 1 is 1.31 bits per heavy atom. The Hall–Kier alpha value is -1.06. The van der Waals surface area contributed by atoms with Gasteiger partial charge in [-0.1, -0.05) is 19.8 Å². The summed E-state index contributed by atoms with van der Waals surface area (Å²) in [4.78, 5) is 23.1. The van der Waals surface area contributed by atoms with Gasteiger partial charge in [0.2, 0.25) is 0 Å². The highest BCUT2D eigenvalue weighted by Crippen LogP contribution is 2.69. The summed E-state index contributed by atoms with van der Waals surface area (Å²) >= 11 is 0. The number of hydrogen-bond acceptors (Lipinski definition) is 3. The van der Waals surface area contributed by atoms with E-state index >= 15 is 0 Å². The van der Waals surface area contributed by atoms with Gasteiger partial charge in [0.1, 0.15) is 0 Å². The molecular formula is C12H18O4. The molecular weight excluding hydrogens is 208 g/mol. The molecule has 0 aromatic carbocycles. The standard InChI is InChI=1S/C12H18O4/c1-7(10(13)16-2)12(11(14)15)8-5-3-4-6-9(8)12/h7-9H,3-6H2,1-2H3,(H,14,15). The van der Waals surface area contributed by atoms with Crippen molar-refractivity contribution < 1.29 is 19.4 Å². The summed E-state index contributed by atoms with van der Waals surface area (Å²) in [5.74, 6) is -1.36. The van der Waals surface area contributed by atoms with E-state index in [0.29, 0.717) is 0 Å². The van der Waals surface area contributed by atoms with Crippen LogP contribution >= 0.6 is 0 Å². The Kier molecular flexibility index (Phi) is 2.68. The van der Waals surface area contributed by atoms with Crippen molar-refractivity contribution in [2.24, 2.45) is 23.2 Å². The van der Waals surface area contributed by atoms with Gasteiger partial charge in [0.05, 0.1) is 18.4 Å². The molecule has 4 heteroatoms. The third-order valence-corrected chi connectivity index (χ3v) is 4.53. The van der Waals surface area contributed by atoms with E-state index in [0.717, 1.165) is 25.7 Å². The van der Waals surface area contributed by atoms with Gasteiger partial charge < -0.3 is 9.84 Å². The molecule has 0 heterocycles. The van der Waals surface area contributed by atoms with Gasteiger partial charge in [-0.05, 0) is 24.7 Å². The first-order valence-corrected chi connectivity index (χ1v) is 5.88. The minimum absolute atomic E-state index is 0.188. The monoisotopic (exact) mass is 226 g/mol. The second-order valence-corrected chi connectivity index (χ2v) is 4.98. The molecule has 2 rings (SSSR count). The van der Waals surface area contributed by atoms with Crippen LogP contribution in [0.15, 0.2) is 0 Å². The first-order valence-electron chi connectivity index (χ1n) is 5.88. The lowest BCUT2D eigenvalue weighted by atomic mass is 9.86. The molecule has 2 fully saturated rings. The van der Waals surface area contributed by atoms with Crippen LogP contribution in [0.3, 0.4) is 0 Å². The summed E-state index contributed by atoms with van der Waals surface area (Å²) in [6.07, 6.45) is 4.06. The SMILES string of the molecule is COC(=O)C(C)C1(C(=O)O)C2CCCCC21. The summed E-state index contributed by atoms with van der Waals surface area (Å²) in [6.45, 7) is 1.69. The van der Waals surface area contributed by atoms with Crippen LogP contribution in [0, 0.1) is 23.2 Å². The molecule has 2 aliphatic carbocycles. The molecule has 0 saturated heterocycles. The van der Waals surface area contributed by atoms with E-state index in [2.05, 4.69) is 0 Å². The molecule has 2 saturated carbocycles. The smallest absolute Gasteiger partial charge is 0.311 e. The quantitative estimate of drug-likeness (QED) is 0.744. The largest absolute Gasteiger partial charge is 0.481 e. The third kappa shape index (κ3) is 1.28. The maximum absolute atomic E-state index is 11.6. The number of ether oxygens (including phenoxy) is 1. The highest BCUT2D eigenvalue weighted by atomic mass is 16.5. The molecule has 0 amide bonds. The highest BCUT2D eigenvalue weighted by molar-refractivity contribution is 5.87. The minimum atomic E-state index is -0.830. The van der Waals surface area contributed by atoms with Gasteiger partial charge in [0.15, 0.2) is 0 Å². The predicted molar refractivity (Wildman–Crippen MR) is 56.7 cm³/mol. The van der Waals surface area contributed by atoms with Crippen molar-refractivity contribution in [3.63, 3.8) is 0 Å². The van der Waals surface area contributed by atoms with Gasteiger partial charge in [-0.3, -0.25) is 9.59 Å². The van der Waals surface area contributed by atoms with Gasteiger partial charge in [-0.15, -0.1) is 0 Å². The topological polar surface area (TPSA) is 63.6 Å². The van der Waals surface area contributed by atoms with Crippen molar-refractivity contribution in [3.8, 4) is 0 Å². The fraction of sp³-hybridized carbons (Fsp3) is 0.833. The summed E-state index contributed by atoms with van der Waals surface area (Å²) in [6, 6.07) is 0. The average molecular weight is 226 g/mol. The van der Waals surface area contributed by atoms with E-state index in [1.165, 1.54) is 7.11 Å². The molecule has 16 heavy (non-hydrogen) atoms. The number of fused-ring (bicyclic) bond motifs is 1. The molecule has 0 aromatic rings. The van der Waals surface area contributed by atoms with E-state index < -0.39 is 23.3 Å². The van der Waals surface area contributed by atoms with E-state index in [9.17, 15) is 14.7 Å². The Bertz CT molecular complexity index is 311. The molecule has 2 aliphatic rings. The number of methoxy groups -OCH3 is 1. The number of esters is 1. The van der Waals surface area contributed by atoms with Crippen molar-refractivity contribution in [3.05, 3.63) is 0 Å². The Labute approximate surface area is 95.0 Å². The number of hydrogen-bond donors (Lipinski definition) is 1. The lowest BCUT2D eigenvalue weighted by Crippen LogP contribution is -2.33. The van der Waals surface area contributed by atoms with E-state index in [-0.39, 0.29) is 11.8 Å². The molecule has 0 aromatic heterocycles. The number of carboxylic acid groups (broad SMARTS) is 1. The second-order valence-electron chi connectivity index (χ2n) is 4.98. The number of carbonyl (C=O) groups excluding carboxylic acids is 1. The molecule has 3 atom stereocenters. The van der Waals surface area contributed by atoms with Crippen LogP contribution in [0.5, 0.6) is 0 Å². The number of rotatable bonds is 3. The minimum Gasteiger partial charge on any atom is -0.481 e. The Balaban J connectivity index is 2.25. The lowest BCUT2D eigenvalue weighted by Gasteiger charge is -2.19. The van der Waals surface area contributed by atoms with Gasteiger partial charge in [0.25, 0.3) is 0 Å². The zero-order chi connectivity index (χ0) is 11.9. The number of carbonyl (C=O) groups is 2. The highest BCUT2D eigenvalue weighted by Gasteiger charge is 2.73. The van der Waals surface area contributed by atoms with Crippen LogP contribution in [0.4, 0.5) is 0 Å². The van der Waals surface area contributed by atoms with Crippen molar-refractivity contribution in [1.29, 1.82) is 0 Å². The fourth-order valence-corrected chi connectivity index (χ4v) is 3.69. The van der Waals surface area contributed by atoms with Crippen molar-refractivity contribution >= 4 is 11.9 Å². The first kappa shape index (κ1) is 11.4. The van der Waals surface area contributed by atoms with Crippen LogP contribution in [-0.2, 0) is 14.3 Å². The van der Waals surface area contributed by atoms with Gasteiger partial charge in [0, 0.05) is 0 Å². The van der Waals surface area contributed by atoms with E-state index in [1.807, 2.05) is 0 Å². The first-order chi connectivity index (χ1) is 7.56. The normalized spacial score (nSPS) is 38.4. The van der Waals surface area contributed by atoms with Crippen LogP contribution < -0.4 is 0 Å².